The quantitative estimate of drug-likeness (QED) is 0.821. The number of aryl methyl sites for hydroxylation is 2. The summed E-state index contributed by atoms with van der Waals surface area (Å²) in [4.78, 5) is 0. The molecule has 1 heteroatoms. The third-order valence-electron chi connectivity index (χ3n) is 3.22. The van der Waals surface area contributed by atoms with Crippen molar-refractivity contribution in [1.29, 1.82) is 0 Å². The molecule has 0 saturated heterocycles. The van der Waals surface area contributed by atoms with Gasteiger partial charge in [0.1, 0.15) is 0 Å². The molecule has 0 aliphatic rings. The maximum Gasteiger partial charge on any atom is 0.0266 e. The van der Waals surface area contributed by atoms with Gasteiger partial charge in [-0.2, -0.15) is 0 Å². The van der Waals surface area contributed by atoms with Gasteiger partial charge in [0.25, 0.3) is 0 Å². The van der Waals surface area contributed by atoms with Gasteiger partial charge in [-0.3, -0.25) is 0 Å². The molecule has 1 atom stereocenters. The Morgan fingerprint density at radius 3 is 2.18 bits per heavy atom. The van der Waals surface area contributed by atoms with E-state index in [0.29, 0.717) is 0 Å². The fourth-order valence-corrected chi connectivity index (χ4v) is 2.09. The van der Waals surface area contributed by atoms with Crippen LogP contribution in [0, 0.1) is 13.8 Å². The molecule has 0 aromatic heterocycles. The van der Waals surface area contributed by atoms with Crippen molar-refractivity contribution >= 4 is 0 Å². The predicted octanol–water partition coefficient (Wildman–Crippen LogP) is 3.99. The Morgan fingerprint density at radius 1 is 0.882 bits per heavy atom. The van der Waals surface area contributed by atoms with Crippen LogP contribution in [0.2, 0.25) is 0 Å². The molecule has 0 heterocycles. The first kappa shape index (κ1) is 11.9. The van der Waals surface area contributed by atoms with E-state index in [1.54, 1.807) is 0 Å². The van der Waals surface area contributed by atoms with E-state index in [9.17, 15) is 0 Å². The summed E-state index contributed by atoms with van der Waals surface area (Å²) in [5.41, 5.74) is 12.3. The maximum atomic E-state index is 5.95. The molecule has 88 valence electrons. The highest BCUT2D eigenvalue weighted by atomic mass is 14.6. The van der Waals surface area contributed by atoms with Gasteiger partial charge in [-0.1, -0.05) is 36.4 Å². The highest BCUT2D eigenvalue weighted by Gasteiger charge is 2.07. The molecule has 2 aromatic carbocycles. The average Bonchev–Trinajstić information content (AvgIpc) is 2.30. The fraction of sp³-hybridized carbons (Fsp3) is 0.250. The Labute approximate surface area is 103 Å². The van der Waals surface area contributed by atoms with Crippen LogP contribution in [0.3, 0.4) is 0 Å². The molecule has 1 unspecified atom stereocenters. The van der Waals surface area contributed by atoms with Crippen molar-refractivity contribution < 1.29 is 0 Å². The van der Waals surface area contributed by atoms with E-state index < -0.39 is 0 Å². The third kappa shape index (κ3) is 2.40. The van der Waals surface area contributed by atoms with Gasteiger partial charge in [0, 0.05) is 6.04 Å². The molecule has 2 aromatic rings. The Kier molecular flexibility index (Phi) is 3.30. The van der Waals surface area contributed by atoms with Crippen LogP contribution in [-0.2, 0) is 0 Å². The average molecular weight is 225 g/mol. The first-order valence-electron chi connectivity index (χ1n) is 6.01. The van der Waals surface area contributed by atoms with Crippen LogP contribution >= 0.6 is 0 Å². The van der Waals surface area contributed by atoms with Gasteiger partial charge in [0.05, 0.1) is 0 Å². The monoisotopic (exact) mass is 225 g/mol. The molecule has 0 fully saturated rings. The summed E-state index contributed by atoms with van der Waals surface area (Å²) in [6, 6.07) is 15.0. The van der Waals surface area contributed by atoms with E-state index >= 15 is 0 Å². The summed E-state index contributed by atoms with van der Waals surface area (Å²) < 4.78 is 0. The molecule has 0 saturated carbocycles. The van der Waals surface area contributed by atoms with Crippen LogP contribution in [0.1, 0.15) is 29.7 Å². The zero-order chi connectivity index (χ0) is 12.4. The molecule has 0 radical (unpaired) electrons. The van der Waals surface area contributed by atoms with Crippen LogP contribution in [0.15, 0.2) is 42.5 Å². The van der Waals surface area contributed by atoms with E-state index in [-0.39, 0.29) is 6.04 Å². The number of nitrogens with two attached hydrogens (primary N) is 1. The smallest absolute Gasteiger partial charge is 0.0266 e. The van der Waals surface area contributed by atoms with E-state index in [1.165, 1.54) is 27.8 Å². The predicted molar refractivity (Wildman–Crippen MR) is 74.0 cm³/mol. The van der Waals surface area contributed by atoms with Crippen LogP contribution in [0.25, 0.3) is 11.1 Å². The fourth-order valence-electron chi connectivity index (χ4n) is 2.09. The number of benzene rings is 2. The van der Waals surface area contributed by atoms with Gasteiger partial charge >= 0.3 is 0 Å². The second kappa shape index (κ2) is 4.72. The largest absolute Gasteiger partial charge is 0.324 e. The summed E-state index contributed by atoms with van der Waals surface area (Å²) in [6.45, 7) is 6.31. The Hall–Kier alpha value is -1.60. The second-order valence-electron chi connectivity index (χ2n) is 4.68. The molecule has 0 aliphatic carbocycles. The minimum absolute atomic E-state index is 0.0818. The molecule has 0 aliphatic heterocycles. The van der Waals surface area contributed by atoms with Gasteiger partial charge in [-0.05, 0) is 54.7 Å². The van der Waals surface area contributed by atoms with E-state index in [0.717, 1.165) is 0 Å². The van der Waals surface area contributed by atoms with Gasteiger partial charge in [0.15, 0.2) is 0 Å². The minimum atomic E-state index is 0.0818. The molecule has 0 spiro atoms. The lowest BCUT2D eigenvalue weighted by Gasteiger charge is -2.13. The van der Waals surface area contributed by atoms with Gasteiger partial charge in [0.2, 0.25) is 0 Å². The molecule has 0 bridgehead atoms. The molecule has 17 heavy (non-hydrogen) atoms. The van der Waals surface area contributed by atoms with E-state index in [2.05, 4.69) is 56.3 Å². The lowest BCUT2D eigenvalue weighted by atomic mass is 9.93. The van der Waals surface area contributed by atoms with Crippen molar-refractivity contribution in [3.63, 3.8) is 0 Å². The number of hydrogen-bond acceptors (Lipinski definition) is 1. The Balaban J connectivity index is 2.59. The minimum Gasteiger partial charge on any atom is -0.324 e. The first-order valence-corrected chi connectivity index (χ1v) is 6.01. The summed E-state index contributed by atoms with van der Waals surface area (Å²) in [7, 11) is 0. The summed E-state index contributed by atoms with van der Waals surface area (Å²) in [5, 5.41) is 0. The summed E-state index contributed by atoms with van der Waals surface area (Å²) in [6.07, 6.45) is 0. The van der Waals surface area contributed by atoms with Gasteiger partial charge in [-0.25, -0.2) is 0 Å². The Bertz CT molecular complexity index is 527. The highest BCUT2D eigenvalue weighted by Crippen LogP contribution is 2.28. The normalized spacial score (nSPS) is 12.5. The van der Waals surface area contributed by atoms with Crippen LogP contribution in [-0.4, -0.2) is 0 Å². The molecular formula is C16H19N. The van der Waals surface area contributed by atoms with Gasteiger partial charge in [-0.15, -0.1) is 0 Å². The van der Waals surface area contributed by atoms with E-state index in [1.807, 2.05) is 6.92 Å². The maximum absolute atomic E-state index is 5.95. The molecule has 2 rings (SSSR count). The van der Waals surface area contributed by atoms with Crippen LogP contribution < -0.4 is 5.73 Å². The molecule has 0 amide bonds. The van der Waals surface area contributed by atoms with E-state index in [4.69, 9.17) is 5.73 Å². The lowest BCUT2D eigenvalue weighted by Crippen LogP contribution is -2.05. The molecular weight excluding hydrogens is 206 g/mol. The van der Waals surface area contributed by atoms with Crippen molar-refractivity contribution in [1.82, 2.24) is 0 Å². The topological polar surface area (TPSA) is 26.0 Å². The molecule has 2 N–H and O–H groups in total. The third-order valence-corrected chi connectivity index (χ3v) is 3.22. The van der Waals surface area contributed by atoms with Crippen molar-refractivity contribution in [2.45, 2.75) is 26.8 Å². The summed E-state index contributed by atoms with van der Waals surface area (Å²) in [5.74, 6) is 0. The van der Waals surface area contributed by atoms with Crippen LogP contribution in [0.5, 0.6) is 0 Å². The zero-order valence-corrected chi connectivity index (χ0v) is 10.7. The van der Waals surface area contributed by atoms with Crippen molar-refractivity contribution in [3.8, 4) is 11.1 Å². The second-order valence-corrected chi connectivity index (χ2v) is 4.68. The number of hydrogen-bond donors (Lipinski definition) is 1. The SMILES string of the molecule is Cc1ccccc1-c1cc(C(C)N)ccc1C. The number of rotatable bonds is 2. The first-order chi connectivity index (χ1) is 8.09. The van der Waals surface area contributed by atoms with Crippen molar-refractivity contribution in [2.75, 3.05) is 0 Å². The van der Waals surface area contributed by atoms with Crippen molar-refractivity contribution in [2.24, 2.45) is 5.73 Å². The Morgan fingerprint density at radius 2 is 1.53 bits per heavy atom. The van der Waals surface area contributed by atoms with Crippen molar-refractivity contribution in [3.05, 3.63) is 59.2 Å². The summed E-state index contributed by atoms with van der Waals surface area (Å²) >= 11 is 0. The molecule has 1 nitrogen and oxygen atoms in total. The van der Waals surface area contributed by atoms with Gasteiger partial charge < -0.3 is 5.73 Å². The van der Waals surface area contributed by atoms with Crippen LogP contribution in [0.4, 0.5) is 0 Å². The zero-order valence-electron chi connectivity index (χ0n) is 10.7. The highest BCUT2D eigenvalue weighted by molar-refractivity contribution is 5.71. The standard InChI is InChI=1S/C16H19N/c1-11-6-4-5-7-15(11)16-10-14(13(3)17)9-8-12(16)2/h4-10,13H,17H2,1-3H3. The lowest BCUT2D eigenvalue weighted by molar-refractivity contribution is 0.818.